The third-order valence-corrected chi connectivity index (χ3v) is 3.32. The molecule has 2 N–H and O–H groups in total. The quantitative estimate of drug-likeness (QED) is 0.900. The monoisotopic (exact) mass is 300 g/mol. The van der Waals surface area contributed by atoms with Crippen molar-refractivity contribution in [1.29, 1.82) is 0 Å². The van der Waals surface area contributed by atoms with Crippen LogP contribution < -0.4 is 5.73 Å². The van der Waals surface area contributed by atoms with Gasteiger partial charge in [0.2, 0.25) is 0 Å². The smallest absolute Gasteiger partial charge is 0.253 e. The highest BCUT2D eigenvalue weighted by Gasteiger charge is 2.29. The van der Waals surface area contributed by atoms with E-state index < -0.39 is 6.10 Å². The SMILES string of the molecule is COC(CN)C(=O)N1CCOC(c2ccccc2)C1.Cl. The number of halogens is 1. The summed E-state index contributed by atoms with van der Waals surface area (Å²) in [5, 5.41) is 0. The standard InChI is InChI=1S/C14H20N2O3.ClH/c1-18-12(9-15)14(17)16-7-8-19-13(10-16)11-5-3-2-4-6-11;/h2-6,12-13H,7-10,15H2,1H3;1H. The molecule has 0 aromatic heterocycles. The summed E-state index contributed by atoms with van der Waals surface area (Å²) in [6.07, 6.45) is -0.635. The molecule has 1 aliphatic rings. The molecule has 2 rings (SSSR count). The Morgan fingerprint density at radius 2 is 2.20 bits per heavy atom. The first-order valence-corrected chi connectivity index (χ1v) is 6.44. The van der Waals surface area contributed by atoms with Crippen molar-refractivity contribution in [3.8, 4) is 0 Å². The average molecular weight is 301 g/mol. The van der Waals surface area contributed by atoms with Crippen molar-refractivity contribution < 1.29 is 14.3 Å². The van der Waals surface area contributed by atoms with Crippen LogP contribution in [-0.2, 0) is 14.3 Å². The van der Waals surface area contributed by atoms with Crippen molar-refractivity contribution in [2.45, 2.75) is 12.2 Å². The van der Waals surface area contributed by atoms with Gasteiger partial charge in [0.25, 0.3) is 5.91 Å². The van der Waals surface area contributed by atoms with Crippen LogP contribution in [0.25, 0.3) is 0 Å². The van der Waals surface area contributed by atoms with Crippen LogP contribution in [0, 0.1) is 0 Å². The first kappa shape index (κ1) is 16.9. The summed E-state index contributed by atoms with van der Waals surface area (Å²) in [7, 11) is 1.50. The van der Waals surface area contributed by atoms with Crippen LogP contribution >= 0.6 is 12.4 Å². The molecule has 1 amide bonds. The molecule has 0 radical (unpaired) electrons. The van der Waals surface area contributed by atoms with Crippen LogP contribution in [0.15, 0.2) is 30.3 Å². The third-order valence-electron chi connectivity index (χ3n) is 3.32. The first-order chi connectivity index (χ1) is 9.26. The molecule has 6 heteroatoms. The molecule has 0 saturated carbocycles. The van der Waals surface area contributed by atoms with Crippen LogP contribution in [-0.4, -0.2) is 50.3 Å². The number of amides is 1. The number of rotatable bonds is 4. The highest BCUT2D eigenvalue weighted by Crippen LogP contribution is 2.22. The lowest BCUT2D eigenvalue weighted by Gasteiger charge is -2.34. The second-order valence-corrected chi connectivity index (χ2v) is 4.51. The Hall–Kier alpha value is -1.14. The molecule has 5 nitrogen and oxygen atoms in total. The fourth-order valence-corrected chi connectivity index (χ4v) is 2.22. The van der Waals surface area contributed by atoms with E-state index in [2.05, 4.69) is 0 Å². The van der Waals surface area contributed by atoms with E-state index in [1.807, 2.05) is 30.3 Å². The highest BCUT2D eigenvalue weighted by molar-refractivity contribution is 5.85. The van der Waals surface area contributed by atoms with Gasteiger partial charge in [-0.15, -0.1) is 12.4 Å². The zero-order valence-electron chi connectivity index (χ0n) is 11.5. The lowest BCUT2D eigenvalue weighted by molar-refractivity contribution is -0.149. The van der Waals surface area contributed by atoms with Gasteiger partial charge in [0.1, 0.15) is 12.2 Å². The van der Waals surface area contributed by atoms with Gasteiger partial charge in [-0.2, -0.15) is 0 Å². The largest absolute Gasteiger partial charge is 0.370 e. The summed E-state index contributed by atoms with van der Waals surface area (Å²) in [5.74, 6) is -0.0609. The molecule has 1 aromatic carbocycles. The van der Waals surface area contributed by atoms with Crippen molar-refractivity contribution in [3.05, 3.63) is 35.9 Å². The third kappa shape index (κ3) is 3.93. The van der Waals surface area contributed by atoms with Crippen LogP contribution in [0.5, 0.6) is 0 Å². The van der Waals surface area contributed by atoms with E-state index in [4.69, 9.17) is 15.2 Å². The summed E-state index contributed by atoms with van der Waals surface area (Å²) in [5.41, 5.74) is 6.62. The maximum absolute atomic E-state index is 12.2. The maximum atomic E-state index is 12.2. The van der Waals surface area contributed by atoms with E-state index in [1.165, 1.54) is 7.11 Å². The second kappa shape index (κ2) is 8.21. The molecular weight excluding hydrogens is 280 g/mol. The molecule has 1 aromatic rings. The molecule has 0 bridgehead atoms. The predicted molar refractivity (Wildman–Crippen MR) is 78.8 cm³/mol. The number of carbonyl (C=O) groups excluding carboxylic acids is 1. The fraction of sp³-hybridized carbons (Fsp3) is 0.500. The zero-order chi connectivity index (χ0) is 13.7. The summed E-state index contributed by atoms with van der Waals surface area (Å²) in [6, 6.07) is 9.92. The Morgan fingerprint density at radius 1 is 1.50 bits per heavy atom. The van der Waals surface area contributed by atoms with Gasteiger partial charge in [-0.05, 0) is 5.56 Å². The second-order valence-electron chi connectivity index (χ2n) is 4.51. The van der Waals surface area contributed by atoms with E-state index in [0.717, 1.165) is 5.56 Å². The lowest BCUT2D eigenvalue weighted by Crippen LogP contribution is -2.49. The van der Waals surface area contributed by atoms with E-state index >= 15 is 0 Å². The predicted octanol–water partition coefficient (Wildman–Crippen LogP) is 0.982. The van der Waals surface area contributed by atoms with Gasteiger partial charge in [0, 0.05) is 20.2 Å². The first-order valence-electron chi connectivity index (χ1n) is 6.44. The Kier molecular flexibility index (Phi) is 6.95. The number of morpholine rings is 1. The van der Waals surface area contributed by atoms with Crippen LogP contribution in [0.4, 0.5) is 0 Å². The molecule has 1 heterocycles. The average Bonchev–Trinajstić information content (AvgIpc) is 2.49. The number of carbonyl (C=O) groups is 1. The molecule has 1 fully saturated rings. The van der Waals surface area contributed by atoms with Gasteiger partial charge in [-0.25, -0.2) is 0 Å². The number of methoxy groups -OCH3 is 1. The van der Waals surface area contributed by atoms with Crippen molar-refractivity contribution >= 4 is 18.3 Å². The maximum Gasteiger partial charge on any atom is 0.253 e. The molecule has 0 spiro atoms. The van der Waals surface area contributed by atoms with Gasteiger partial charge in [0.05, 0.1) is 13.2 Å². The number of ether oxygens (including phenoxy) is 2. The van der Waals surface area contributed by atoms with Gasteiger partial charge in [0.15, 0.2) is 0 Å². The van der Waals surface area contributed by atoms with Gasteiger partial charge < -0.3 is 20.1 Å². The number of benzene rings is 1. The topological polar surface area (TPSA) is 64.8 Å². The molecule has 2 atom stereocenters. The molecule has 0 aliphatic carbocycles. The van der Waals surface area contributed by atoms with Gasteiger partial charge >= 0.3 is 0 Å². The fourth-order valence-electron chi connectivity index (χ4n) is 2.22. The van der Waals surface area contributed by atoms with E-state index in [0.29, 0.717) is 19.7 Å². The van der Waals surface area contributed by atoms with Gasteiger partial charge in [-0.1, -0.05) is 30.3 Å². The van der Waals surface area contributed by atoms with Gasteiger partial charge in [-0.3, -0.25) is 4.79 Å². The molecule has 20 heavy (non-hydrogen) atoms. The molecule has 2 unspecified atom stereocenters. The Bertz CT molecular complexity index is 412. The van der Waals surface area contributed by atoms with E-state index in [1.54, 1.807) is 4.90 Å². The molecule has 112 valence electrons. The number of nitrogens with two attached hydrogens (primary N) is 1. The highest BCUT2D eigenvalue weighted by atomic mass is 35.5. The summed E-state index contributed by atoms with van der Waals surface area (Å²) in [6.45, 7) is 1.86. The van der Waals surface area contributed by atoms with Crippen molar-refractivity contribution in [1.82, 2.24) is 4.90 Å². The molecule has 1 saturated heterocycles. The minimum absolute atomic E-state index is 0. The summed E-state index contributed by atoms with van der Waals surface area (Å²) in [4.78, 5) is 14.0. The minimum atomic E-state index is -0.561. The zero-order valence-corrected chi connectivity index (χ0v) is 12.3. The Morgan fingerprint density at radius 3 is 2.80 bits per heavy atom. The Balaban J connectivity index is 0.00000200. The minimum Gasteiger partial charge on any atom is -0.370 e. The van der Waals surface area contributed by atoms with E-state index in [9.17, 15) is 4.79 Å². The van der Waals surface area contributed by atoms with E-state index in [-0.39, 0.29) is 31.0 Å². The molecular formula is C14H21ClN2O3. The van der Waals surface area contributed by atoms with Crippen molar-refractivity contribution in [2.75, 3.05) is 33.4 Å². The summed E-state index contributed by atoms with van der Waals surface area (Å²) >= 11 is 0. The van der Waals surface area contributed by atoms with Crippen molar-refractivity contribution in [2.24, 2.45) is 5.73 Å². The molecule has 1 aliphatic heterocycles. The normalized spacial score (nSPS) is 20.1. The Labute approximate surface area is 125 Å². The van der Waals surface area contributed by atoms with Crippen LogP contribution in [0.1, 0.15) is 11.7 Å². The summed E-state index contributed by atoms with van der Waals surface area (Å²) < 4.78 is 10.8. The van der Waals surface area contributed by atoms with Crippen LogP contribution in [0.2, 0.25) is 0 Å². The number of hydrogen-bond acceptors (Lipinski definition) is 4. The number of nitrogens with zero attached hydrogens (tertiary/aromatic N) is 1. The van der Waals surface area contributed by atoms with Crippen molar-refractivity contribution in [3.63, 3.8) is 0 Å². The lowest BCUT2D eigenvalue weighted by atomic mass is 10.1. The van der Waals surface area contributed by atoms with Crippen LogP contribution in [0.3, 0.4) is 0 Å². The number of hydrogen-bond donors (Lipinski definition) is 1.